The first-order valence-electron chi connectivity index (χ1n) is 5.38. The normalized spacial score (nSPS) is 12.4. The highest BCUT2D eigenvalue weighted by Gasteiger charge is 2.15. The SMILES string of the molecule is NC(Cc1c(F)cccc1F)c1ccc(F)cn1. The molecule has 2 nitrogen and oxygen atoms in total. The smallest absolute Gasteiger partial charge is 0.141 e. The van der Waals surface area contributed by atoms with Gasteiger partial charge in [0.25, 0.3) is 0 Å². The van der Waals surface area contributed by atoms with Crippen LogP contribution in [0.1, 0.15) is 17.3 Å². The first-order valence-corrected chi connectivity index (χ1v) is 5.38. The van der Waals surface area contributed by atoms with Crippen LogP contribution in [0.25, 0.3) is 0 Å². The van der Waals surface area contributed by atoms with Crippen LogP contribution < -0.4 is 5.73 Å². The van der Waals surface area contributed by atoms with E-state index in [2.05, 4.69) is 4.98 Å². The highest BCUT2D eigenvalue weighted by atomic mass is 19.1. The van der Waals surface area contributed by atoms with Crippen molar-refractivity contribution in [2.75, 3.05) is 0 Å². The van der Waals surface area contributed by atoms with Crippen molar-refractivity contribution in [3.05, 3.63) is 65.2 Å². The van der Waals surface area contributed by atoms with E-state index in [-0.39, 0.29) is 12.0 Å². The minimum Gasteiger partial charge on any atom is -0.322 e. The topological polar surface area (TPSA) is 38.9 Å². The van der Waals surface area contributed by atoms with Crippen LogP contribution in [0.3, 0.4) is 0 Å². The van der Waals surface area contributed by atoms with E-state index in [1.807, 2.05) is 0 Å². The van der Waals surface area contributed by atoms with Crippen LogP contribution in [0.15, 0.2) is 36.5 Å². The lowest BCUT2D eigenvalue weighted by Gasteiger charge is -2.12. The fourth-order valence-corrected chi connectivity index (χ4v) is 1.66. The van der Waals surface area contributed by atoms with E-state index >= 15 is 0 Å². The number of aromatic nitrogens is 1. The molecule has 0 bridgehead atoms. The molecule has 0 saturated carbocycles. The van der Waals surface area contributed by atoms with Gasteiger partial charge in [-0.05, 0) is 30.7 Å². The summed E-state index contributed by atoms with van der Waals surface area (Å²) in [5, 5.41) is 0. The molecular weight excluding hydrogens is 241 g/mol. The number of rotatable bonds is 3. The molecule has 1 unspecified atom stereocenters. The lowest BCUT2D eigenvalue weighted by Crippen LogP contribution is -2.16. The second-order valence-electron chi connectivity index (χ2n) is 3.91. The molecule has 2 rings (SSSR count). The van der Waals surface area contributed by atoms with Crippen LogP contribution in [-0.2, 0) is 6.42 Å². The van der Waals surface area contributed by atoms with Crippen LogP contribution >= 0.6 is 0 Å². The molecule has 0 aliphatic heterocycles. The average Bonchev–Trinajstić information content (AvgIpc) is 2.34. The molecule has 1 atom stereocenters. The van der Waals surface area contributed by atoms with Crippen molar-refractivity contribution in [3.8, 4) is 0 Å². The molecule has 0 amide bonds. The van der Waals surface area contributed by atoms with Gasteiger partial charge in [-0.3, -0.25) is 4.98 Å². The van der Waals surface area contributed by atoms with Gasteiger partial charge >= 0.3 is 0 Å². The van der Waals surface area contributed by atoms with E-state index in [9.17, 15) is 13.2 Å². The highest BCUT2D eigenvalue weighted by molar-refractivity contribution is 5.22. The van der Waals surface area contributed by atoms with Gasteiger partial charge in [-0.1, -0.05) is 6.07 Å². The van der Waals surface area contributed by atoms with E-state index in [1.54, 1.807) is 0 Å². The van der Waals surface area contributed by atoms with Gasteiger partial charge < -0.3 is 5.73 Å². The number of hydrogen-bond donors (Lipinski definition) is 1. The molecule has 18 heavy (non-hydrogen) atoms. The van der Waals surface area contributed by atoms with Crippen molar-refractivity contribution in [3.63, 3.8) is 0 Å². The molecule has 1 heterocycles. The molecule has 5 heteroatoms. The summed E-state index contributed by atoms with van der Waals surface area (Å²) in [6.07, 6.45) is 0.990. The van der Waals surface area contributed by atoms with Gasteiger partial charge in [-0.15, -0.1) is 0 Å². The first-order chi connectivity index (χ1) is 8.58. The fourth-order valence-electron chi connectivity index (χ4n) is 1.66. The Hall–Kier alpha value is -1.88. The quantitative estimate of drug-likeness (QED) is 0.912. The molecule has 0 aliphatic rings. The Kier molecular flexibility index (Phi) is 3.62. The number of hydrogen-bond acceptors (Lipinski definition) is 2. The molecule has 2 aromatic rings. The molecule has 0 radical (unpaired) electrons. The Bertz CT molecular complexity index is 520. The van der Waals surface area contributed by atoms with Gasteiger partial charge in [0, 0.05) is 5.56 Å². The largest absolute Gasteiger partial charge is 0.322 e. The average molecular weight is 252 g/mol. The monoisotopic (exact) mass is 252 g/mol. The number of pyridine rings is 1. The maximum absolute atomic E-state index is 13.4. The van der Waals surface area contributed by atoms with Crippen LogP contribution in [0, 0.1) is 17.5 Å². The van der Waals surface area contributed by atoms with Gasteiger partial charge in [0.2, 0.25) is 0 Å². The van der Waals surface area contributed by atoms with Gasteiger partial charge in [0.05, 0.1) is 17.9 Å². The summed E-state index contributed by atoms with van der Waals surface area (Å²) in [4.78, 5) is 3.79. The number of nitrogens with zero attached hydrogens (tertiary/aromatic N) is 1. The van der Waals surface area contributed by atoms with Gasteiger partial charge in [-0.2, -0.15) is 0 Å². The molecule has 1 aromatic carbocycles. The molecule has 0 fully saturated rings. The van der Waals surface area contributed by atoms with Crippen molar-refractivity contribution in [2.45, 2.75) is 12.5 Å². The first kappa shape index (κ1) is 12.6. The van der Waals surface area contributed by atoms with Crippen molar-refractivity contribution in [1.29, 1.82) is 0 Å². The summed E-state index contributed by atoms with van der Waals surface area (Å²) in [6.45, 7) is 0. The maximum Gasteiger partial charge on any atom is 0.141 e. The van der Waals surface area contributed by atoms with Crippen LogP contribution in [0.5, 0.6) is 0 Å². The van der Waals surface area contributed by atoms with E-state index in [4.69, 9.17) is 5.73 Å². The summed E-state index contributed by atoms with van der Waals surface area (Å²) in [5.41, 5.74) is 6.10. The van der Waals surface area contributed by atoms with Gasteiger partial charge in [0.1, 0.15) is 17.5 Å². The third-order valence-corrected chi connectivity index (χ3v) is 2.62. The Morgan fingerprint density at radius 1 is 1.06 bits per heavy atom. The van der Waals surface area contributed by atoms with Crippen LogP contribution in [0.2, 0.25) is 0 Å². The summed E-state index contributed by atoms with van der Waals surface area (Å²) < 4.78 is 39.5. The molecular formula is C13H11F3N2. The summed E-state index contributed by atoms with van der Waals surface area (Å²) in [7, 11) is 0. The third kappa shape index (κ3) is 2.68. The second kappa shape index (κ2) is 5.18. The van der Waals surface area contributed by atoms with Gasteiger partial charge in [-0.25, -0.2) is 13.2 Å². The number of halogens is 3. The molecule has 0 saturated heterocycles. The van der Waals surface area contributed by atoms with Crippen molar-refractivity contribution < 1.29 is 13.2 Å². The summed E-state index contributed by atoms with van der Waals surface area (Å²) in [5.74, 6) is -1.77. The van der Waals surface area contributed by atoms with E-state index in [1.165, 1.54) is 30.3 Å². The zero-order valence-electron chi connectivity index (χ0n) is 9.41. The Morgan fingerprint density at radius 3 is 2.28 bits per heavy atom. The maximum atomic E-state index is 13.4. The predicted molar refractivity (Wildman–Crippen MR) is 61.2 cm³/mol. The summed E-state index contributed by atoms with van der Waals surface area (Å²) >= 11 is 0. The standard InChI is InChI=1S/C13H11F3N2/c14-8-4-5-13(18-7-8)12(17)6-9-10(15)2-1-3-11(9)16/h1-5,7,12H,6,17H2. The lowest BCUT2D eigenvalue weighted by atomic mass is 10.0. The Morgan fingerprint density at radius 2 is 1.72 bits per heavy atom. The number of benzene rings is 1. The Balaban J connectivity index is 2.21. The number of nitrogens with two attached hydrogens (primary N) is 1. The van der Waals surface area contributed by atoms with E-state index < -0.39 is 23.5 Å². The van der Waals surface area contributed by atoms with Gasteiger partial charge in [0.15, 0.2) is 0 Å². The van der Waals surface area contributed by atoms with Crippen molar-refractivity contribution in [2.24, 2.45) is 5.73 Å². The minimum absolute atomic E-state index is 0.0306. The van der Waals surface area contributed by atoms with E-state index in [0.717, 1.165) is 6.20 Å². The lowest BCUT2D eigenvalue weighted by molar-refractivity contribution is 0.536. The molecule has 2 N–H and O–H groups in total. The zero-order chi connectivity index (χ0) is 13.1. The molecule has 1 aromatic heterocycles. The highest BCUT2D eigenvalue weighted by Crippen LogP contribution is 2.19. The fraction of sp³-hybridized carbons (Fsp3) is 0.154. The minimum atomic E-state index is -0.683. The molecule has 0 aliphatic carbocycles. The third-order valence-electron chi connectivity index (χ3n) is 2.62. The predicted octanol–water partition coefficient (Wildman–Crippen LogP) is 2.74. The molecule has 94 valence electrons. The van der Waals surface area contributed by atoms with Crippen molar-refractivity contribution in [1.82, 2.24) is 4.98 Å². The van der Waals surface area contributed by atoms with Crippen molar-refractivity contribution >= 4 is 0 Å². The van der Waals surface area contributed by atoms with Crippen LogP contribution in [-0.4, -0.2) is 4.98 Å². The second-order valence-corrected chi connectivity index (χ2v) is 3.91. The van der Waals surface area contributed by atoms with E-state index in [0.29, 0.717) is 5.69 Å². The van der Waals surface area contributed by atoms with Crippen LogP contribution in [0.4, 0.5) is 13.2 Å². The summed E-state index contributed by atoms with van der Waals surface area (Å²) in [6, 6.07) is 5.55. The molecule has 0 spiro atoms. The zero-order valence-corrected chi connectivity index (χ0v) is 9.41. The Labute approximate surface area is 102 Å².